The van der Waals surface area contributed by atoms with E-state index < -0.39 is 0 Å². The van der Waals surface area contributed by atoms with E-state index in [0.29, 0.717) is 24.3 Å². The topological polar surface area (TPSA) is 113 Å². The molecule has 4 N–H and O–H groups in total. The van der Waals surface area contributed by atoms with Gasteiger partial charge in [0.2, 0.25) is 5.78 Å². The fraction of sp³-hybridized carbons (Fsp3) is 0.200. The predicted octanol–water partition coefficient (Wildman–Crippen LogP) is -0.555. The Morgan fingerprint density at radius 3 is 3.00 bits per heavy atom. The lowest BCUT2D eigenvalue weighted by atomic mass is 10.1. The molecule has 0 bridgehead atoms. The molecule has 0 atom stereocenters. The van der Waals surface area contributed by atoms with Crippen LogP contribution < -0.4 is 11.5 Å². The smallest absolute Gasteiger partial charge is 0.218 e. The lowest BCUT2D eigenvalue weighted by molar-refractivity contribution is 0.103. The Balaban J connectivity index is 2.28. The normalized spacial score (nSPS) is 10.4. The van der Waals surface area contributed by atoms with Gasteiger partial charge in [-0.3, -0.25) is 14.5 Å². The molecular formula is C10H12N6O. The van der Waals surface area contributed by atoms with Crippen molar-refractivity contribution in [1.82, 2.24) is 20.0 Å². The van der Waals surface area contributed by atoms with Gasteiger partial charge < -0.3 is 11.5 Å². The van der Waals surface area contributed by atoms with Crippen LogP contribution >= 0.6 is 0 Å². The molecule has 88 valence electrons. The summed E-state index contributed by atoms with van der Waals surface area (Å²) in [6.45, 7) is 0.953. The largest absolute Gasteiger partial charge is 0.398 e. The van der Waals surface area contributed by atoms with Crippen molar-refractivity contribution < 1.29 is 4.79 Å². The number of hydrogen-bond donors (Lipinski definition) is 2. The molecule has 0 radical (unpaired) electrons. The fourth-order valence-electron chi connectivity index (χ4n) is 1.38. The van der Waals surface area contributed by atoms with Crippen molar-refractivity contribution in [3.63, 3.8) is 0 Å². The van der Waals surface area contributed by atoms with Gasteiger partial charge in [0.25, 0.3) is 0 Å². The molecule has 0 aliphatic heterocycles. The summed E-state index contributed by atoms with van der Waals surface area (Å²) in [7, 11) is 0. The monoisotopic (exact) mass is 232 g/mol. The zero-order chi connectivity index (χ0) is 12.3. The van der Waals surface area contributed by atoms with Crippen LogP contribution in [0.4, 0.5) is 5.69 Å². The minimum Gasteiger partial charge on any atom is -0.398 e. The summed E-state index contributed by atoms with van der Waals surface area (Å²) in [6, 6.07) is 1.57. The van der Waals surface area contributed by atoms with E-state index in [4.69, 9.17) is 11.5 Å². The predicted molar refractivity (Wildman–Crippen MR) is 61.2 cm³/mol. The van der Waals surface area contributed by atoms with Crippen molar-refractivity contribution in [3.8, 4) is 0 Å². The van der Waals surface area contributed by atoms with Gasteiger partial charge in [0.05, 0.1) is 18.3 Å². The van der Waals surface area contributed by atoms with Gasteiger partial charge in [-0.05, 0) is 6.07 Å². The molecule has 0 fully saturated rings. The van der Waals surface area contributed by atoms with Crippen molar-refractivity contribution >= 4 is 11.5 Å². The van der Waals surface area contributed by atoms with E-state index in [-0.39, 0.29) is 11.5 Å². The number of carbonyl (C=O) groups is 1. The highest BCUT2D eigenvalue weighted by Gasteiger charge is 2.15. The Kier molecular flexibility index (Phi) is 3.10. The van der Waals surface area contributed by atoms with Crippen molar-refractivity contribution in [2.45, 2.75) is 6.54 Å². The summed E-state index contributed by atoms with van der Waals surface area (Å²) >= 11 is 0. The molecular weight excluding hydrogens is 220 g/mol. The highest BCUT2D eigenvalue weighted by Crippen LogP contribution is 2.13. The average molecular weight is 232 g/mol. The molecule has 0 aliphatic rings. The van der Waals surface area contributed by atoms with E-state index in [0.717, 1.165) is 0 Å². The van der Waals surface area contributed by atoms with Crippen molar-refractivity contribution in [3.05, 3.63) is 35.9 Å². The summed E-state index contributed by atoms with van der Waals surface area (Å²) in [5.74, 6) is -0.293. The number of nitrogen functional groups attached to an aromatic ring is 1. The number of ketones is 1. The van der Waals surface area contributed by atoms with E-state index in [1.807, 2.05) is 0 Å². The van der Waals surface area contributed by atoms with Crippen LogP contribution in [0.3, 0.4) is 0 Å². The third-order valence-electron chi connectivity index (χ3n) is 2.23. The molecule has 0 spiro atoms. The minimum absolute atomic E-state index is 0.234. The molecule has 0 unspecified atom stereocenters. The number of anilines is 1. The van der Waals surface area contributed by atoms with E-state index in [1.54, 1.807) is 12.3 Å². The Morgan fingerprint density at radius 2 is 2.29 bits per heavy atom. The van der Waals surface area contributed by atoms with E-state index in [9.17, 15) is 4.79 Å². The first kappa shape index (κ1) is 11.2. The zero-order valence-electron chi connectivity index (χ0n) is 9.08. The number of nitrogens with zero attached hydrogens (tertiary/aromatic N) is 4. The van der Waals surface area contributed by atoms with Crippen molar-refractivity contribution in [1.29, 1.82) is 0 Å². The first-order chi connectivity index (χ1) is 8.22. The Bertz CT molecular complexity index is 535. The molecule has 2 aromatic heterocycles. The molecule has 2 heterocycles. The third kappa shape index (κ3) is 2.28. The lowest BCUT2D eigenvalue weighted by Crippen LogP contribution is -2.10. The van der Waals surface area contributed by atoms with Crippen LogP contribution in [-0.4, -0.2) is 32.3 Å². The van der Waals surface area contributed by atoms with Gasteiger partial charge in [-0.25, -0.2) is 0 Å². The standard InChI is InChI=1S/C10H12N6O/c11-2-4-16-6-9(14-15-16)10(17)7-5-13-3-1-8(7)12/h1,3,5-6H,2,4,11H2,(H2,12,13). The van der Waals surface area contributed by atoms with E-state index in [1.165, 1.54) is 17.1 Å². The Hall–Kier alpha value is -2.28. The van der Waals surface area contributed by atoms with Gasteiger partial charge in [0.1, 0.15) is 0 Å². The van der Waals surface area contributed by atoms with Gasteiger partial charge in [-0.2, -0.15) is 0 Å². The average Bonchev–Trinajstić information content (AvgIpc) is 2.78. The zero-order valence-corrected chi connectivity index (χ0v) is 9.08. The van der Waals surface area contributed by atoms with Crippen molar-refractivity contribution in [2.24, 2.45) is 5.73 Å². The van der Waals surface area contributed by atoms with E-state index in [2.05, 4.69) is 15.3 Å². The second-order valence-corrected chi connectivity index (χ2v) is 3.45. The van der Waals surface area contributed by atoms with Gasteiger partial charge in [0, 0.05) is 24.6 Å². The third-order valence-corrected chi connectivity index (χ3v) is 2.23. The van der Waals surface area contributed by atoms with Crippen LogP contribution in [0.2, 0.25) is 0 Å². The Labute approximate surface area is 97.4 Å². The van der Waals surface area contributed by atoms with Gasteiger partial charge in [-0.15, -0.1) is 5.10 Å². The summed E-state index contributed by atoms with van der Waals surface area (Å²) < 4.78 is 1.51. The number of hydrogen-bond acceptors (Lipinski definition) is 6. The van der Waals surface area contributed by atoms with Crippen LogP contribution in [0.15, 0.2) is 24.7 Å². The summed E-state index contributed by atoms with van der Waals surface area (Å²) in [6.07, 6.45) is 4.48. The molecule has 0 amide bonds. The van der Waals surface area contributed by atoms with Gasteiger partial charge in [-0.1, -0.05) is 5.21 Å². The SMILES string of the molecule is NCCn1cc(C(=O)c2cnccc2N)nn1. The molecule has 0 aliphatic carbocycles. The lowest BCUT2D eigenvalue weighted by Gasteiger charge is -2.00. The van der Waals surface area contributed by atoms with Gasteiger partial charge >= 0.3 is 0 Å². The molecule has 2 rings (SSSR count). The number of nitrogens with two attached hydrogens (primary N) is 2. The maximum Gasteiger partial charge on any atom is 0.218 e. The number of pyridine rings is 1. The van der Waals surface area contributed by atoms with Crippen LogP contribution in [-0.2, 0) is 6.54 Å². The van der Waals surface area contributed by atoms with Crippen LogP contribution in [0.25, 0.3) is 0 Å². The first-order valence-corrected chi connectivity index (χ1v) is 5.06. The van der Waals surface area contributed by atoms with Crippen LogP contribution in [0.1, 0.15) is 16.1 Å². The number of rotatable bonds is 4. The number of aromatic nitrogens is 4. The maximum absolute atomic E-state index is 12.0. The molecule has 0 aromatic carbocycles. The summed E-state index contributed by atoms with van der Waals surface area (Å²) in [5, 5.41) is 7.56. The Morgan fingerprint density at radius 1 is 1.47 bits per heavy atom. The molecule has 0 saturated carbocycles. The van der Waals surface area contributed by atoms with Crippen LogP contribution in [0.5, 0.6) is 0 Å². The molecule has 17 heavy (non-hydrogen) atoms. The van der Waals surface area contributed by atoms with Gasteiger partial charge in [0.15, 0.2) is 5.69 Å². The minimum atomic E-state index is -0.293. The molecule has 0 saturated heterocycles. The second-order valence-electron chi connectivity index (χ2n) is 3.45. The summed E-state index contributed by atoms with van der Waals surface area (Å²) in [4.78, 5) is 15.9. The second kappa shape index (κ2) is 4.71. The molecule has 2 aromatic rings. The highest BCUT2D eigenvalue weighted by molar-refractivity contribution is 6.10. The molecule has 7 heteroatoms. The van der Waals surface area contributed by atoms with Crippen molar-refractivity contribution in [2.75, 3.05) is 12.3 Å². The fourth-order valence-corrected chi connectivity index (χ4v) is 1.38. The van der Waals surface area contributed by atoms with Crippen LogP contribution in [0, 0.1) is 0 Å². The molecule has 7 nitrogen and oxygen atoms in total. The highest BCUT2D eigenvalue weighted by atomic mass is 16.1. The van der Waals surface area contributed by atoms with E-state index >= 15 is 0 Å². The maximum atomic E-state index is 12.0. The summed E-state index contributed by atoms with van der Waals surface area (Å²) in [5.41, 5.74) is 12.0. The quantitative estimate of drug-likeness (QED) is 0.683. The number of carbonyl (C=O) groups excluding carboxylic acids is 1. The first-order valence-electron chi connectivity index (χ1n) is 5.06.